The van der Waals surface area contributed by atoms with Crippen molar-refractivity contribution in [2.24, 2.45) is 0 Å². The van der Waals surface area contributed by atoms with Gasteiger partial charge in [-0.1, -0.05) is 133 Å². The molecule has 0 saturated heterocycles. The minimum Gasteiger partial charge on any atom is -0.456 e. The molecule has 0 amide bonds. The van der Waals surface area contributed by atoms with Gasteiger partial charge in [0.1, 0.15) is 22.3 Å². The Hall–Kier alpha value is -7.83. The van der Waals surface area contributed by atoms with Gasteiger partial charge in [0.25, 0.3) is 0 Å². The number of furan rings is 2. The van der Waals surface area contributed by atoms with Crippen LogP contribution in [0.15, 0.2) is 191 Å². The molecule has 4 heterocycles. The summed E-state index contributed by atoms with van der Waals surface area (Å²) in [7, 11) is 0. The summed E-state index contributed by atoms with van der Waals surface area (Å²) < 4.78 is 15.3. The standard InChI is InChI=1S/C51H30N4O2/c1-3-14-31(15-4-1)33-28-29-37-45(30-33)57-44-27-13-24-41(47(37)44)55-40-23-9-7-18-34(40)35-20-11-22-39(48(35)55)51-53-49(32-16-5-2-6-17-32)52-50(54-51)38-21-12-26-43-46(38)36-19-8-10-25-42(36)56-43/h1-30H. The summed E-state index contributed by atoms with van der Waals surface area (Å²) in [6.07, 6.45) is 0. The maximum absolute atomic E-state index is 6.63. The Kier molecular flexibility index (Phi) is 6.83. The molecule has 0 fully saturated rings. The van der Waals surface area contributed by atoms with Crippen LogP contribution in [0.25, 0.3) is 117 Å². The van der Waals surface area contributed by atoms with Crippen LogP contribution in [0, 0.1) is 0 Å². The molecule has 0 aliphatic carbocycles. The van der Waals surface area contributed by atoms with E-state index in [4.69, 9.17) is 23.8 Å². The fourth-order valence-electron chi connectivity index (χ4n) is 8.55. The van der Waals surface area contributed by atoms with Crippen molar-refractivity contribution in [3.63, 3.8) is 0 Å². The number of nitrogens with zero attached hydrogens (tertiary/aromatic N) is 4. The van der Waals surface area contributed by atoms with Gasteiger partial charge in [0, 0.05) is 43.6 Å². The zero-order chi connectivity index (χ0) is 37.5. The summed E-state index contributed by atoms with van der Waals surface area (Å²) in [5.41, 5.74) is 11.3. The molecule has 57 heavy (non-hydrogen) atoms. The van der Waals surface area contributed by atoms with E-state index in [1.54, 1.807) is 0 Å². The maximum Gasteiger partial charge on any atom is 0.166 e. The Labute approximate surface area is 325 Å². The molecule has 0 spiro atoms. The molecule has 6 heteroatoms. The van der Waals surface area contributed by atoms with E-state index in [-0.39, 0.29) is 0 Å². The van der Waals surface area contributed by atoms with Gasteiger partial charge in [0.05, 0.1) is 22.1 Å². The highest BCUT2D eigenvalue weighted by atomic mass is 16.3. The van der Waals surface area contributed by atoms with Gasteiger partial charge in [-0.05, 0) is 59.7 Å². The van der Waals surface area contributed by atoms with Crippen LogP contribution in [0.5, 0.6) is 0 Å². The molecule has 0 bridgehead atoms. The molecular formula is C51H30N4O2. The first-order valence-electron chi connectivity index (χ1n) is 19.0. The average molecular weight is 731 g/mol. The van der Waals surface area contributed by atoms with Crippen molar-refractivity contribution < 1.29 is 8.83 Å². The lowest BCUT2D eigenvalue weighted by Gasteiger charge is -2.14. The highest BCUT2D eigenvalue weighted by molar-refractivity contribution is 6.17. The number of rotatable bonds is 5. The van der Waals surface area contributed by atoms with Crippen molar-refractivity contribution in [2.75, 3.05) is 0 Å². The van der Waals surface area contributed by atoms with Gasteiger partial charge in [-0.2, -0.15) is 0 Å². The van der Waals surface area contributed by atoms with Gasteiger partial charge in [-0.15, -0.1) is 0 Å². The van der Waals surface area contributed by atoms with Gasteiger partial charge in [0.2, 0.25) is 0 Å². The van der Waals surface area contributed by atoms with Crippen LogP contribution in [0.4, 0.5) is 0 Å². The van der Waals surface area contributed by atoms with Gasteiger partial charge >= 0.3 is 0 Å². The molecule has 8 aromatic carbocycles. The first-order valence-corrected chi connectivity index (χ1v) is 19.0. The minimum absolute atomic E-state index is 0.577. The van der Waals surface area contributed by atoms with Gasteiger partial charge < -0.3 is 13.4 Å². The maximum atomic E-state index is 6.63. The Bertz CT molecular complexity index is 3530. The van der Waals surface area contributed by atoms with Crippen LogP contribution in [-0.2, 0) is 0 Å². The third-order valence-electron chi connectivity index (χ3n) is 11.1. The third-order valence-corrected chi connectivity index (χ3v) is 11.1. The van der Waals surface area contributed by atoms with E-state index in [0.29, 0.717) is 17.5 Å². The van der Waals surface area contributed by atoms with E-state index in [1.807, 2.05) is 66.7 Å². The summed E-state index contributed by atoms with van der Waals surface area (Å²) in [5, 5.41) is 6.33. The van der Waals surface area contributed by atoms with Crippen molar-refractivity contribution in [2.45, 2.75) is 0 Å². The first kappa shape index (κ1) is 31.5. The Morgan fingerprint density at radius 2 is 0.930 bits per heavy atom. The van der Waals surface area contributed by atoms with E-state index >= 15 is 0 Å². The van der Waals surface area contributed by atoms with Crippen LogP contribution in [-0.4, -0.2) is 19.5 Å². The molecule has 0 radical (unpaired) electrons. The van der Waals surface area contributed by atoms with Gasteiger partial charge in [0.15, 0.2) is 17.5 Å². The highest BCUT2D eigenvalue weighted by Gasteiger charge is 2.23. The molecule has 0 atom stereocenters. The monoisotopic (exact) mass is 730 g/mol. The number of aromatic nitrogens is 4. The molecule has 0 unspecified atom stereocenters. The summed E-state index contributed by atoms with van der Waals surface area (Å²) >= 11 is 0. The predicted octanol–water partition coefficient (Wildman–Crippen LogP) is 13.4. The zero-order valence-electron chi connectivity index (χ0n) is 30.4. The minimum atomic E-state index is 0.577. The molecule has 6 nitrogen and oxygen atoms in total. The molecular weight excluding hydrogens is 701 g/mol. The summed E-state index contributed by atoms with van der Waals surface area (Å²) in [5.74, 6) is 1.75. The molecule has 0 saturated carbocycles. The predicted molar refractivity (Wildman–Crippen MR) is 230 cm³/mol. The summed E-state index contributed by atoms with van der Waals surface area (Å²) in [4.78, 5) is 15.7. The van der Waals surface area contributed by atoms with E-state index in [1.165, 1.54) is 0 Å². The Balaban J connectivity index is 1.15. The second-order valence-corrected chi connectivity index (χ2v) is 14.3. The molecule has 4 aromatic heterocycles. The lowest BCUT2D eigenvalue weighted by molar-refractivity contribution is 0.668. The summed E-state index contributed by atoms with van der Waals surface area (Å²) in [6.45, 7) is 0. The SMILES string of the molecule is c1ccc(-c2ccc3c(c2)oc2cccc(-n4c5ccccc5c5cccc(-c6nc(-c7ccccc7)nc(-c7cccc8oc9ccccc9c78)n6)c54)c23)cc1. The van der Waals surface area contributed by atoms with Crippen molar-refractivity contribution in [3.8, 4) is 51.0 Å². The first-order chi connectivity index (χ1) is 28.3. The van der Waals surface area contributed by atoms with E-state index in [2.05, 4.69) is 120 Å². The zero-order valence-corrected chi connectivity index (χ0v) is 30.4. The lowest BCUT2D eigenvalue weighted by Crippen LogP contribution is -2.02. The highest BCUT2D eigenvalue weighted by Crippen LogP contribution is 2.43. The number of hydrogen-bond acceptors (Lipinski definition) is 5. The van der Waals surface area contributed by atoms with Crippen molar-refractivity contribution in [1.29, 1.82) is 0 Å². The van der Waals surface area contributed by atoms with Crippen LogP contribution in [0.3, 0.4) is 0 Å². The topological polar surface area (TPSA) is 69.9 Å². The second kappa shape index (κ2) is 12.3. The quantitative estimate of drug-likeness (QED) is 0.176. The Morgan fingerprint density at radius 1 is 0.351 bits per heavy atom. The molecule has 266 valence electrons. The third kappa shape index (κ3) is 4.87. The number of hydrogen-bond donors (Lipinski definition) is 0. The van der Waals surface area contributed by atoms with E-state index < -0.39 is 0 Å². The number of benzene rings is 8. The van der Waals surface area contributed by atoms with Crippen molar-refractivity contribution >= 4 is 65.7 Å². The normalized spacial score (nSPS) is 11.9. The van der Waals surface area contributed by atoms with Crippen LogP contribution in [0.2, 0.25) is 0 Å². The van der Waals surface area contributed by atoms with Crippen LogP contribution >= 0.6 is 0 Å². The van der Waals surface area contributed by atoms with E-state index in [9.17, 15) is 0 Å². The summed E-state index contributed by atoms with van der Waals surface area (Å²) in [6, 6.07) is 62.6. The Morgan fingerprint density at radius 3 is 1.77 bits per heavy atom. The fraction of sp³-hybridized carbons (Fsp3) is 0. The van der Waals surface area contributed by atoms with Gasteiger partial charge in [-0.3, -0.25) is 0 Å². The van der Waals surface area contributed by atoms with Crippen LogP contribution in [0.1, 0.15) is 0 Å². The fourth-order valence-corrected chi connectivity index (χ4v) is 8.55. The average Bonchev–Trinajstić information content (AvgIpc) is 3.96. The molecule has 0 N–H and O–H groups in total. The molecule has 0 aliphatic heterocycles. The number of fused-ring (bicyclic) bond motifs is 9. The van der Waals surface area contributed by atoms with Gasteiger partial charge in [-0.25, -0.2) is 15.0 Å². The largest absolute Gasteiger partial charge is 0.456 e. The smallest absolute Gasteiger partial charge is 0.166 e. The van der Waals surface area contributed by atoms with Crippen LogP contribution < -0.4 is 0 Å². The number of para-hydroxylation sites is 3. The van der Waals surface area contributed by atoms with Crippen molar-refractivity contribution in [3.05, 3.63) is 182 Å². The molecule has 12 aromatic rings. The molecule has 0 aliphatic rings. The second-order valence-electron chi connectivity index (χ2n) is 14.3. The van der Waals surface area contributed by atoms with E-state index in [0.717, 1.165) is 99.2 Å². The lowest BCUT2D eigenvalue weighted by atomic mass is 10.0. The van der Waals surface area contributed by atoms with Crippen molar-refractivity contribution in [1.82, 2.24) is 19.5 Å². The molecule has 12 rings (SSSR count).